The molecule has 0 saturated heterocycles. The Morgan fingerprint density at radius 1 is 1.39 bits per heavy atom. The lowest BCUT2D eigenvalue weighted by Gasteiger charge is -2.07. The average molecular weight is 246 g/mol. The van der Waals surface area contributed by atoms with Gasteiger partial charge in [0, 0.05) is 0 Å². The van der Waals surface area contributed by atoms with Gasteiger partial charge in [0.05, 0.1) is 11.3 Å². The zero-order valence-corrected chi connectivity index (χ0v) is 9.47. The summed E-state index contributed by atoms with van der Waals surface area (Å²) in [6.45, 7) is 1.77. The number of aromatic carboxylic acids is 1. The van der Waals surface area contributed by atoms with E-state index in [1.165, 1.54) is 18.5 Å². The predicted molar refractivity (Wildman–Crippen MR) is 62.5 cm³/mol. The normalized spacial score (nSPS) is 10.1. The van der Waals surface area contributed by atoms with Crippen molar-refractivity contribution in [3.63, 3.8) is 0 Å². The second kappa shape index (κ2) is 4.66. The van der Waals surface area contributed by atoms with E-state index in [1.807, 2.05) is 0 Å². The number of rotatable bonds is 3. The molecule has 1 aromatic carbocycles. The molecular formula is C11H10N4O3. The SMILES string of the molecule is Cc1ccc(NC(=O)c2ncn[nH]2)c(C(=O)O)c1. The van der Waals surface area contributed by atoms with Gasteiger partial charge in [-0.25, -0.2) is 9.78 Å². The number of amides is 1. The Morgan fingerprint density at radius 3 is 2.78 bits per heavy atom. The number of nitrogens with zero attached hydrogens (tertiary/aromatic N) is 2. The summed E-state index contributed by atoms with van der Waals surface area (Å²) in [6.07, 6.45) is 1.20. The number of aryl methyl sites for hydroxylation is 1. The fraction of sp³-hybridized carbons (Fsp3) is 0.0909. The zero-order valence-electron chi connectivity index (χ0n) is 9.47. The minimum absolute atomic E-state index is 0.0203. The molecule has 0 aliphatic rings. The van der Waals surface area contributed by atoms with Crippen LogP contribution in [0.1, 0.15) is 26.5 Å². The number of carboxylic acid groups (broad SMARTS) is 1. The minimum atomic E-state index is -1.11. The highest BCUT2D eigenvalue weighted by molar-refractivity contribution is 6.05. The molecule has 0 bridgehead atoms. The molecular weight excluding hydrogens is 236 g/mol. The van der Waals surface area contributed by atoms with Gasteiger partial charge in [-0.05, 0) is 19.1 Å². The van der Waals surface area contributed by atoms with Crippen LogP contribution in [-0.4, -0.2) is 32.2 Å². The Morgan fingerprint density at radius 2 is 2.17 bits per heavy atom. The number of H-pyrrole nitrogens is 1. The molecule has 1 amide bonds. The third-order valence-corrected chi connectivity index (χ3v) is 2.28. The first kappa shape index (κ1) is 11.8. The van der Waals surface area contributed by atoms with Crippen LogP contribution in [0.2, 0.25) is 0 Å². The molecule has 0 spiro atoms. The van der Waals surface area contributed by atoms with E-state index >= 15 is 0 Å². The van der Waals surface area contributed by atoms with Crippen LogP contribution in [-0.2, 0) is 0 Å². The van der Waals surface area contributed by atoms with Crippen LogP contribution in [0.15, 0.2) is 24.5 Å². The van der Waals surface area contributed by atoms with Crippen molar-refractivity contribution in [2.75, 3.05) is 5.32 Å². The first-order valence-corrected chi connectivity index (χ1v) is 5.08. The summed E-state index contributed by atoms with van der Waals surface area (Å²) in [4.78, 5) is 26.4. The van der Waals surface area contributed by atoms with Gasteiger partial charge in [0.15, 0.2) is 0 Å². The average Bonchev–Trinajstić information content (AvgIpc) is 2.84. The highest BCUT2D eigenvalue weighted by atomic mass is 16.4. The molecule has 2 aromatic rings. The molecule has 3 N–H and O–H groups in total. The minimum Gasteiger partial charge on any atom is -0.478 e. The quantitative estimate of drug-likeness (QED) is 0.750. The van der Waals surface area contributed by atoms with Gasteiger partial charge in [-0.2, -0.15) is 5.10 Å². The third-order valence-electron chi connectivity index (χ3n) is 2.28. The van der Waals surface area contributed by atoms with Crippen molar-refractivity contribution in [2.45, 2.75) is 6.92 Å². The molecule has 0 aliphatic carbocycles. The fourth-order valence-electron chi connectivity index (χ4n) is 1.44. The van der Waals surface area contributed by atoms with Crippen molar-refractivity contribution in [2.24, 2.45) is 0 Å². The van der Waals surface area contributed by atoms with Gasteiger partial charge in [0.2, 0.25) is 5.82 Å². The number of nitrogens with one attached hydrogen (secondary N) is 2. The summed E-state index contributed by atoms with van der Waals surface area (Å²) in [7, 11) is 0. The van der Waals surface area contributed by atoms with Crippen LogP contribution in [0.3, 0.4) is 0 Å². The maximum atomic E-state index is 11.7. The standard InChI is InChI=1S/C11H10N4O3/c1-6-2-3-8(7(4-6)11(17)18)14-10(16)9-12-5-13-15-9/h2-5H,1H3,(H,14,16)(H,17,18)(H,12,13,15). The van der Waals surface area contributed by atoms with Gasteiger partial charge in [0.25, 0.3) is 5.91 Å². The highest BCUT2D eigenvalue weighted by Crippen LogP contribution is 2.17. The van der Waals surface area contributed by atoms with E-state index in [0.717, 1.165) is 5.56 Å². The summed E-state index contributed by atoms with van der Waals surface area (Å²) < 4.78 is 0. The molecule has 18 heavy (non-hydrogen) atoms. The van der Waals surface area contributed by atoms with Gasteiger partial charge in [-0.1, -0.05) is 11.6 Å². The fourth-order valence-corrected chi connectivity index (χ4v) is 1.44. The number of carbonyl (C=O) groups excluding carboxylic acids is 1. The smallest absolute Gasteiger partial charge is 0.337 e. The lowest BCUT2D eigenvalue weighted by Crippen LogP contribution is -2.16. The van der Waals surface area contributed by atoms with Crippen LogP contribution in [0.4, 0.5) is 5.69 Å². The summed E-state index contributed by atoms with van der Waals surface area (Å²) in [5, 5.41) is 17.5. The Hall–Kier alpha value is -2.70. The Kier molecular flexibility index (Phi) is 3.05. The van der Waals surface area contributed by atoms with Gasteiger partial charge in [-0.3, -0.25) is 9.89 Å². The largest absolute Gasteiger partial charge is 0.478 e. The molecule has 7 heteroatoms. The van der Waals surface area contributed by atoms with Crippen molar-refractivity contribution in [3.05, 3.63) is 41.5 Å². The van der Waals surface area contributed by atoms with Crippen LogP contribution in [0.25, 0.3) is 0 Å². The first-order valence-electron chi connectivity index (χ1n) is 5.08. The Balaban J connectivity index is 2.29. The summed E-state index contributed by atoms with van der Waals surface area (Å²) in [5.41, 5.74) is 1.04. The molecule has 92 valence electrons. The van der Waals surface area contributed by atoms with Crippen molar-refractivity contribution < 1.29 is 14.7 Å². The van der Waals surface area contributed by atoms with E-state index in [2.05, 4.69) is 20.5 Å². The maximum absolute atomic E-state index is 11.7. The van der Waals surface area contributed by atoms with E-state index < -0.39 is 11.9 Å². The van der Waals surface area contributed by atoms with Crippen molar-refractivity contribution in [3.8, 4) is 0 Å². The summed E-state index contributed by atoms with van der Waals surface area (Å²) in [6, 6.07) is 4.73. The number of aromatic nitrogens is 3. The van der Waals surface area contributed by atoms with Gasteiger partial charge >= 0.3 is 5.97 Å². The van der Waals surface area contributed by atoms with Gasteiger partial charge < -0.3 is 10.4 Å². The second-order valence-electron chi connectivity index (χ2n) is 3.64. The molecule has 0 radical (unpaired) electrons. The molecule has 0 fully saturated rings. The summed E-state index contributed by atoms with van der Waals surface area (Å²) in [5.74, 6) is -1.63. The highest BCUT2D eigenvalue weighted by Gasteiger charge is 2.15. The monoisotopic (exact) mass is 246 g/mol. The molecule has 2 rings (SSSR count). The molecule has 0 saturated carbocycles. The number of hydrogen-bond donors (Lipinski definition) is 3. The number of anilines is 1. The lowest BCUT2D eigenvalue weighted by molar-refractivity contribution is 0.0698. The molecule has 1 heterocycles. The molecule has 0 atom stereocenters. The zero-order chi connectivity index (χ0) is 13.1. The third kappa shape index (κ3) is 2.34. The molecule has 0 aliphatic heterocycles. The number of hydrogen-bond acceptors (Lipinski definition) is 4. The second-order valence-corrected chi connectivity index (χ2v) is 3.64. The van der Waals surface area contributed by atoms with Gasteiger partial charge in [-0.15, -0.1) is 0 Å². The number of carboxylic acids is 1. The van der Waals surface area contributed by atoms with Crippen LogP contribution in [0.5, 0.6) is 0 Å². The van der Waals surface area contributed by atoms with E-state index in [1.54, 1.807) is 13.0 Å². The number of carbonyl (C=O) groups is 2. The Labute approximate surface area is 102 Å². The molecule has 1 aromatic heterocycles. The van der Waals surface area contributed by atoms with Crippen molar-refractivity contribution in [1.82, 2.24) is 15.2 Å². The molecule has 7 nitrogen and oxygen atoms in total. The van der Waals surface area contributed by atoms with E-state index in [-0.39, 0.29) is 17.1 Å². The van der Waals surface area contributed by atoms with Crippen molar-refractivity contribution >= 4 is 17.6 Å². The first-order chi connectivity index (χ1) is 8.58. The van der Waals surface area contributed by atoms with Gasteiger partial charge in [0.1, 0.15) is 6.33 Å². The predicted octanol–water partition coefficient (Wildman–Crippen LogP) is 1.06. The maximum Gasteiger partial charge on any atom is 0.337 e. The van der Waals surface area contributed by atoms with Crippen molar-refractivity contribution in [1.29, 1.82) is 0 Å². The topological polar surface area (TPSA) is 108 Å². The van der Waals surface area contributed by atoms with E-state index in [4.69, 9.17) is 5.11 Å². The van der Waals surface area contributed by atoms with Crippen LogP contribution in [0, 0.1) is 6.92 Å². The number of aromatic amines is 1. The number of benzene rings is 1. The van der Waals surface area contributed by atoms with Crippen LogP contribution >= 0.6 is 0 Å². The Bertz CT molecular complexity index is 592. The lowest BCUT2D eigenvalue weighted by atomic mass is 10.1. The molecule has 0 unspecified atom stereocenters. The summed E-state index contributed by atoms with van der Waals surface area (Å²) >= 11 is 0. The van der Waals surface area contributed by atoms with Crippen LogP contribution < -0.4 is 5.32 Å². The van der Waals surface area contributed by atoms with E-state index in [9.17, 15) is 9.59 Å². The van der Waals surface area contributed by atoms with E-state index in [0.29, 0.717) is 0 Å².